The maximum atomic E-state index is 13.3. The molecular weight excluding hydrogens is 261 g/mol. The molecule has 1 heterocycles. The van der Waals surface area contributed by atoms with Crippen LogP contribution in [0.3, 0.4) is 0 Å². The van der Waals surface area contributed by atoms with Gasteiger partial charge in [-0.15, -0.1) is 0 Å². The highest BCUT2D eigenvalue weighted by molar-refractivity contribution is 9.10. The van der Waals surface area contributed by atoms with Gasteiger partial charge in [0.25, 0.3) is 0 Å². The third-order valence-electron chi connectivity index (χ3n) is 2.66. The first-order valence-corrected chi connectivity index (χ1v) is 5.84. The van der Waals surface area contributed by atoms with Gasteiger partial charge in [-0.25, -0.2) is 4.39 Å². The summed E-state index contributed by atoms with van der Waals surface area (Å²) in [6, 6.07) is 2.91. The largest absolute Gasteiger partial charge is 0.488 e. The van der Waals surface area contributed by atoms with E-state index in [1.807, 2.05) is 0 Å². The second-order valence-electron chi connectivity index (χ2n) is 3.77. The topological polar surface area (TPSA) is 35.2 Å². The molecule has 1 aromatic carbocycles. The van der Waals surface area contributed by atoms with E-state index in [1.165, 1.54) is 6.07 Å². The summed E-state index contributed by atoms with van der Waals surface area (Å²) in [7, 11) is 0. The van der Waals surface area contributed by atoms with E-state index in [4.69, 9.17) is 10.5 Å². The van der Waals surface area contributed by atoms with Gasteiger partial charge in [0.2, 0.25) is 0 Å². The van der Waals surface area contributed by atoms with E-state index in [9.17, 15) is 4.39 Å². The average Bonchev–Trinajstić information content (AvgIpc) is 2.47. The molecule has 4 heteroatoms. The van der Waals surface area contributed by atoms with Crippen LogP contribution in [0.25, 0.3) is 0 Å². The Morgan fingerprint density at radius 3 is 2.93 bits per heavy atom. The number of hydrogen-bond acceptors (Lipinski definition) is 2. The summed E-state index contributed by atoms with van der Waals surface area (Å²) in [5, 5.41) is 0. The molecule has 0 bridgehead atoms. The van der Waals surface area contributed by atoms with Crippen LogP contribution in [-0.2, 0) is 0 Å². The SMILES string of the molecule is CCCC1Oc2cc(Br)c(F)cc2C1N. The van der Waals surface area contributed by atoms with Crippen molar-refractivity contribution in [3.8, 4) is 5.75 Å². The first-order chi connectivity index (χ1) is 7.13. The van der Waals surface area contributed by atoms with Crippen molar-refractivity contribution in [2.45, 2.75) is 31.9 Å². The van der Waals surface area contributed by atoms with E-state index in [0.717, 1.165) is 18.4 Å². The van der Waals surface area contributed by atoms with Crippen molar-refractivity contribution < 1.29 is 9.13 Å². The van der Waals surface area contributed by atoms with Crippen LogP contribution in [0, 0.1) is 5.82 Å². The molecule has 0 aliphatic carbocycles. The minimum absolute atomic E-state index is 0.0151. The number of rotatable bonds is 2. The third-order valence-corrected chi connectivity index (χ3v) is 3.27. The van der Waals surface area contributed by atoms with Gasteiger partial charge in [-0.05, 0) is 34.5 Å². The van der Waals surface area contributed by atoms with Gasteiger partial charge in [-0.3, -0.25) is 0 Å². The monoisotopic (exact) mass is 273 g/mol. The summed E-state index contributed by atoms with van der Waals surface area (Å²) in [6.45, 7) is 2.08. The first kappa shape index (κ1) is 10.9. The normalized spacial score (nSPS) is 23.7. The van der Waals surface area contributed by atoms with Gasteiger partial charge in [0, 0.05) is 5.56 Å². The zero-order valence-electron chi connectivity index (χ0n) is 8.47. The van der Waals surface area contributed by atoms with Crippen molar-refractivity contribution in [3.63, 3.8) is 0 Å². The number of ether oxygens (including phenoxy) is 1. The van der Waals surface area contributed by atoms with Crippen LogP contribution < -0.4 is 10.5 Å². The zero-order chi connectivity index (χ0) is 11.0. The number of hydrogen-bond donors (Lipinski definition) is 1. The Bertz CT molecular complexity index is 383. The third kappa shape index (κ3) is 1.88. The molecule has 15 heavy (non-hydrogen) atoms. The number of fused-ring (bicyclic) bond motifs is 1. The smallest absolute Gasteiger partial charge is 0.137 e. The molecule has 0 saturated heterocycles. The highest BCUT2D eigenvalue weighted by Crippen LogP contribution is 2.39. The van der Waals surface area contributed by atoms with E-state index >= 15 is 0 Å². The lowest BCUT2D eigenvalue weighted by molar-refractivity contribution is 0.195. The summed E-state index contributed by atoms with van der Waals surface area (Å²) < 4.78 is 19.4. The molecule has 2 unspecified atom stereocenters. The van der Waals surface area contributed by atoms with Gasteiger partial charge in [0.1, 0.15) is 17.7 Å². The first-order valence-electron chi connectivity index (χ1n) is 5.04. The molecule has 2 rings (SSSR count). The second kappa shape index (κ2) is 4.10. The second-order valence-corrected chi connectivity index (χ2v) is 4.63. The van der Waals surface area contributed by atoms with Crippen LogP contribution in [0.2, 0.25) is 0 Å². The molecule has 0 saturated carbocycles. The summed E-state index contributed by atoms with van der Waals surface area (Å²) in [5.41, 5.74) is 6.76. The lowest BCUT2D eigenvalue weighted by Gasteiger charge is -2.13. The molecule has 1 aliphatic rings. The van der Waals surface area contributed by atoms with Crippen LogP contribution in [0.1, 0.15) is 31.4 Å². The summed E-state index contributed by atoms with van der Waals surface area (Å²) in [5.74, 6) is 0.416. The van der Waals surface area contributed by atoms with Gasteiger partial charge in [-0.1, -0.05) is 13.3 Å². The average molecular weight is 274 g/mol. The van der Waals surface area contributed by atoms with Crippen molar-refractivity contribution in [2.24, 2.45) is 5.73 Å². The van der Waals surface area contributed by atoms with Gasteiger partial charge < -0.3 is 10.5 Å². The Hall–Kier alpha value is -0.610. The summed E-state index contributed by atoms with van der Waals surface area (Å²) >= 11 is 3.13. The molecule has 0 radical (unpaired) electrons. The Morgan fingerprint density at radius 2 is 2.27 bits per heavy atom. The van der Waals surface area contributed by atoms with Crippen molar-refractivity contribution >= 4 is 15.9 Å². The molecule has 1 aromatic rings. The Labute approximate surface area is 96.7 Å². The van der Waals surface area contributed by atoms with Crippen LogP contribution >= 0.6 is 15.9 Å². The maximum Gasteiger partial charge on any atom is 0.137 e. The highest BCUT2D eigenvalue weighted by Gasteiger charge is 2.31. The Balaban J connectivity index is 2.33. The lowest BCUT2D eigenvalue weighted by Crippen LogP contribution is -2.24. The quantitative estimate of drug-likeness (QED) is 0.899. The van der Waals surface area contributed by atoms with Crippen molar-refractivity contribution in [1.29, 1.82) is 0 Å². The predicted octanol–water partition coefficient (Wildman–Crippen LogP) is 3.15. The number of nitrogens with two attached hydrogens (primary N) is 1. The van der Waals surface area contributed by atoms with Gasteiger partial charge >= 0.3 is 0 Å². The van der Waals surface area contributed by atoms with E-state index in [0.29, 0.717) is 10.2 Å². The minimum atomic E-state index is -0.287. The molecular formula is C11H13BrFNO. The van der Waals surface area contributed by atoms with Crippen molar-refractivity contribution in [1.82, 2.24) is 0 Å². The van der Waals surface area contributed by atoms with Gasteiger partial charge in [0.15, 0.2) is 0 Å². The fourth-order valence-electron chi connectivity index (χ4n) is 1.87. The molecule has 0 aromatic heterocycles. The van der Waals surface area contributed by atoms with Crippen LogP contribution in [0.5, 0.6) is 5.75 Å². The van der Waals surface area contributed by atoms with Crippen LogP contribution in [0.4, 0.5) is 4.39 Å². The fourth-order valence-corrected chi connectivity index (χ4v) is 2.19. The van der Waals surface area contributed by atoms with E-state index < -0.39 is 0 Å². The van der Waals surface area contributed by atoms with Gasteiger partial charge in [0.05, 0.1) is 10.5 Å². The van der Waals surface area contributed by atoms with Gasteiger partial charge in [-0.2, -0.15) is 0 Å². The number of benzene rings is 1. The van der Waals surface area contributed by atoms with Crippen LogP contribution in [0.15, 0.2) is 16.6 Å². The minimum Gasteiger partial charge on any atom is -0.488 e. The van der Waals surface area contributed by atoms with E-state index in [-0.39, 0.29) is 18.0 Å². The van der Waals surface area contributed by atoms with Crippen molar-refractivity contribution in [3.05, 3.63) is 28.0 Å². The molecule has 82 valence electrons. The Morgan fingerprint density at radius 1 is 1.53 bits per heavy atom. The predicted molar refractivity (Wildman–Crippen MR) is 60.4 cm³/mol. The molecule has 0 amide bonds. The standard InChI is InChI=1S/C11H13BrFNO/c1-2-3-9-11(14)6-4-8(13)7(12)5-10(6)15-9/h4-5,9,11H,2-3,14H2,1H3. The van der Waals surface area contributed by atoms with Crippen molar-refractivity contribution in [2.75, 3.05) is 0 Å². The van der Waals surface area contributed by atoms with E-state index in [1.54, 1.807) is 6.07 Å². The number of halogens is 2. The van der Waals surface area contributed by atoms with E-state index in [2.05, 4.69) is 22.9 Å². The molecule has 1 aliphatic heterocycles. The summed E-state index contributed by atoms with van der Waals surface area (Å²) in [6.07, 6.45) is 1.89. The molecule has 2 N–H and O–H groups in total. The van der Waals surface area contributed by atoms with Crippen LogP contribution in [-0.4, -0.2) is 6.10 Å². The maximum absolute atomic E-state index is 13.3. The highest BCUT2D eigenvalue weighted by atomic mass is 79.9. The fraction of sp³-hybridized carbons (Fsp3) is 0.455. The zero-order valence-corrected chi connectivity index (χ0v) is 10.1. The lowest BCUT2D eigenvalue weighted by atomic mass is 10.0. The molecule has 0 fully saturated rings. The molecule has 2 atom stereocenters. The molecule has 0 spiro atoms. The Kier molecular flexibility index (Phi) is 2.98. The molecule has 2 nitrogen and oxygen atoms in total. The summed E-state index contributed by atoms with van der Waals surface area (Å²) in [4.78, 5) is 0.